The summed E-state index contributed by atoms with van der Waals surface area (Å²) in [6, 6.07) is 1.93. The normalized spacial score (nSPS) is 12.1. The summed E-state index contributed by atoms with van der Waals surface area (Å²) in [6.45, 7) is 8.32. The summed E-state index contributed by atoms with van der Waals surface area (Å²) in [5.74, 6) is 0. The Labute approximate surface area is 169 Å². The van der Waals surface area contributed by atoms with Crippen LogP contribution in [0.2, 0.25) is 5.15 Å². The second-order valence-corrected chi connectivity index (χ2v) is 9.08. The van der Waals surface area contributed by atoms with Gasteiger partial charge in [0.2, 0.25) is 0 Å². The van der Waals surface area contributed by atoms with Gasteiger partial charge in [0.15, 0.2) is 0 Å². The number of unbranched alkanes of at least 4 members (excludes halogenated alkanes) is 8. The average molecular weight is 394 g/mol. The van der Waals surface area contributed by atoms with E-state index in [2.05, 4.69) is 30.7 Å². The Morgan fingerprint density at radius 2 is 1.56 bits per heavy atom. The summed E-state index contributed by atoms with van der Waals surface area (Å²) < 4.78 is 7.76. The third-order valence-corrected chi connectivity index (χ3v) is 5.25. The zero-order valence-corrected chi connectivity index (χ0v) is 18.1. The van der Waals surface area contributed by atoms with Gasteiger partial charge >= 0.3 is 0 Å². The summed E-state index contributed by atoms with van der Waals surface area (Å²) in [7, 11) is 0. The average Bonchev–Trinajstić information content (AvgIpc) is 3.02. The third kappa shape index (κ3) is 8.61. The van der Waals surface area contributed by atoms with Crippen molar-refractivity contribution in [1.82, 2.24) is 14.5 Å². The van der Waals surface area contributed by atoms with E-state index in [0.717, 1.165) is 24.1 Å². The van der Waals surface area contributed by atoms with Crippen LogP contribution in [0.1, 0.15) is 85.0 Å². The predicted molar refractivity (Wildman–Crippen MR) is 114 cm³/mol. The fourth-order valence-electron chi connectivity index (χ4n) is 3.34. The number of halogens is 1. The lowest BCUT2D eigenvalue weighted by Crippen LogP contribution is -2.03. The van der Waals surface area contributed by atoms with Crippen LogP contribution in [0.3, 0.4) is 0 Å². The fraction of sp³-hybridized carbons (Fsp3) is 0.727. The first-order chi connectivity index (χ1) is 13.0. The number of rotatable bonds is 13. The molecule has 2 rings (SSSR count). The van der Waals surface area contributed by atoms with Gasteiger partial charge < -0.3 is 9.30 Å². The van der Waals surface area contributed by atoms with Crippen LogP contribution < -0.4 is 0 Å². The molecule has 4 nitrogen and oxygen atoms in total. The molecule has 0 radical (unpaired) electrons. The van der Waals surface area contributed by atoms with Crippen LogP contribution in [-0.2, 0) is 11.5 Å². The first-order valence-electron chi connectivity index (χ1n) is 10.5. The molecule has 0 fully saturated rings. The molecule has 0 aliphatic rings. The monoisotopic (exact) mass is 393 g/mol. The highest BCUT2D eigenvalue weighted by atomic mass is 35.5. The van der Waals surface area contributed by atoms with Crippen LogP contribution in [0.4, 0.5) is 0 Å². The molecule has 2 aromatic heterocycles. The van der Waals surface area contributed by atoms with Crippen molar-refractivity contribution in [1.29, 1.82) is 0 Å². The smallest absolute Gasteiger partial charge is 0.146 e. The maximum Gasteiger partial charge on any atom is 0.146 e. The number of hydrogen-bond donors (Lipinski definition) is 0. The van der Waals surface area contributed by atoms with E-state index in [-0.39, 0.29) is 0 Å². The Balaban J connectivity index is 1.42. The number of hydrogen-bond acceptors (Lipinski definition) is 3. The van der Waals surface area contributed by atoms with Crippen LogP contribution >= 0.6 is 11.6 Å². The zero-order chi connectivity index (χ0) is 19.5. The minimum absolute atomic E-state index is 0.493. The molecule has 0 bridgehead atoms. The number of ether oxygens (including phenoxy) is 1. The highest BCUT2D eigenvalue weighted by Crippen LogP contribution is 2.23. The molecule has 0 amide bonds. The summed E-state index contributed by atoms with van der Waals surface area (Å²) in [5, 5.41) is 1.37. The number of aromatic nitrogens is 3. The molecule has 0 atom stereocenters. The maximum atomic E-state index is 6.06. The lowest BCUT2D eigenvalue weighted by Gasteiger charge is -2.17. The van der Waals surface area contributed by atoms with Crippen molar-refractivity contribution in [2.24, 2.45) is 5.41 Å². The molecule has 0 saturated heterocycles. The molecular formula is C22H36ClN3O. The van der Waals surface area contributed by atoms with Gasteiger partial charge in [-0.05, 0) is 24.3 Å². The molecule has 2 heterocycles. The summed E-state index contributed by atoms with van der Waals surface area (Å²) >= 11 is 6.06. The van der Waals surface area contributed by atoms with Gasteiger partial charge in [0, 0.05) is 12.8 Å². The van der Waals surface area contributed by atoms with Crippen LogP contribution in [0.5, 0.6) is 0 Å². The molecule has 0 aliphatic heterocycles. The first-order valence-corrected chi connectivity index (χ1v) is 10.9. The van der Waals surface area contributed by atoms with Crippen molar-refractivity contribution in [2.75, 3.05) is 6.61 Å². The van der Waals surface area contributed by atoms with E-state index in [9.17, 15) is 0 Å². The molecule has 0 saturated carbocycles. The Morgan fingerprint density at radius 1 is 0.926 bits per heavy atom. The maximum absolute atomic E-state index is 6.06. The topological polar surface area (TPSA) is 39.9 Å². The Bertz CT molecular complexity index is 663. The Kier molecular flexibility index (Phi) is 9.57. The molecule has 152 valence electrons. The van der Waals surface area contributed by atoms with Crippen LogP contribution in [0.25, 0.3) is 11.0 Å². The molecule has 27 heavy (non-hydrogen) atoms. The summed E-state index contributed by atoms with van der Waals surface area (Å²) in [4.78, 5) is 8.27. The zero-order valence-electron chi connectivity index (χ0n) is 17.3. The van der Waals surface area contributed by atoms with Crippen LogP contribution in [-0.4, -0.2) is 21.1 Å². The molecule has 0 aromatic carbocycles. The minimum atomic E-state index is 0.493. The molecule has 5 heteroatoms. The van der Waals surface area contributed by atoms with Crippen molar-refractivity contribution in [3.63, 3.8) is 0 Å². The third-order valence-electron chi connectivity index (χ3n) is 4.95. The van der Waals surface area contributed by atoms with Gasteiger partial charge in [-0.2, -0.15) is 0 Å². The molecular weight excluding hydrogens is 358 g/mol. The lowest BCUT2D eigenvalue weighted by molar-refractivity contribution is 0.0763. The first kappa shape index (κ1) is 22.2. The second kappa shape index (κ2) is 11.7. The van der Waals surface area contributed by atoms with E-state index in [4.69, 9.17) is 16.3 Å². The van der Waals surface area contributed by atoms with Gasteiger partial charge in [0.1, 0.15) is 23.9 Å². The number of nitrogens with zero attached hydrogens (tertiary/aromatic N) is 3. The van der Waals surface area contributed by atoms with E-state index < -0.39 is 0 Å². The highest BCUT2D eigenvalue weighted by molar-refractivity contribution is 6.33. The lowest BCUT2D eigenvalue weighted by atomic mass is 9.89. The van der Waals surface area contributed by atoms with Crippen molar-refractivity contribution < 1.29 is 4.74 Å². The van der Waals surface area contributed by atoms with Gasteiger partial charge in [-0.25, -0.2) is 9.97 Å². The molecule has 0 N–H and O–H groups in total. The van der Waals surface area contributed by atoms with Crippen molar-refractivity contribution in [2.45, 2.75) is 91.7 Å². The standard InChI is InChI=1S/C22H36ClN3O/c1-22(2,3)14-11-9-7-5-4-6-8-10-12-16-27-18-26-15-13-19-20(23)24-17-25-21(19)26/h13,15,17H,4-12,14,16,18H2,1-3H3. The van der Waals surface area contributed by atoms with Gasteiger partial charge in [0.25, 0.3) is 0 Å². The van der Waals surface area contributed by atoms with Gasteiger partial charge in [-0.1, -0.05) is 83.7 Å². The molecule has 0 spiro atoms. The quantitative estimate of drug-likeness (QED) is 0.271. The summed E-state index contributed by atoms with van der Waals surface area (Å²) in [5.41, 5.74) is 1.33. The Hall–Kier alpha value is -1.13. The fourth-order valence-corrected chi connectivity index (χ4v) is 3.53. The van der Waals surface area contributed by atoms with Crippen molar-refractivity contribution in [3.8, 4) is 0 Å². The van der Waals surface area contributed by atoms with E-state index in [0.29, 0.717) is 17.3 Å². The second-order valence-electron chi connectivity index (χ2n) is 8.72. The van der Waals surface area contributed by atoms with Crippen LogP contribution in [0.15, 0.2) is 18.6 Å². The summed E-state index contributed by atoms with van der Waals surface area (Å²) in [6.07, 6.45) is 16.8. The van der Waals surface area contributed by atoms with Crippen molar-refractivity contribution in [3.05, 3.63) is 23.7 Å². The largest absolute Gasteiger partial charge is 0.361 e. The highest BCUT2D eigenvalue weighted by Gasteiger charge is 2.08. The molecule has 2 aromatic rings. The SMILES string of the molecule is CC(C)(C)CCCCCCCCCCCOCn1ccc2c(Cl)ncnc21. The van der Waals surface area contributed by atoms with E-state index in [1.807, 2.05) is 16.8 Å². The molecule has 0 aliphatic carbocycles. The number of fused-ring (bicyclic) bond motifs is 1. The van der Waals surface area contributed by atoms with Crippen molar-refractivity contribution >= 4 is 22.6 Å². The van der Waals surface area contributed by atoms with Gasteiger partial charge in [0.05, 0.1) is 5.39 Å². The molecule has 0 unspecified atom stereocenters. The Morgan fingerprint density at radius 3 is 2.22 bits per heavy atom. The van der Waals surface area contributed by atoms with E-state index in [1.54, 1.807) is 0 Å². The van der Waals surface area contributed by atoms with Gasteiger partial charge in [-0.3, -0.25) is 0 Å². The predicted octanol–water partition coefficient (Wildman–Crippen LogP) is 7.01. The van der Waals surface area contributed by atoms with E-state index in [1.165, 1.54) is 64.1 Å². The van der Waals surface area contributed by atoms with Gasteiger partial charge in [-0.15, -0.1) is 0 Å². The minimum Gasteiger partial charge on any atom is -0.361 e. The van der Waals surface area contributed by atoms with E-state index >= 15 is 0 Å². The van der Waals surface area contributed by atoms with Crippen LogP contribution in [0, 0.1) is 5.41 Å².